The minimum atomic E-state index is -0.945. The van der Waals surface area contributed by atoms with Crippen LogP contribution in [-0.4, -0.2) is 32.1 Å². The van der Waals surface area contributed by atoms with E-state index in [-0.39, 0.29) is 11.8 Å². The van der Waals surface area contributed by atoms with E-state index in [1.54, 1.807) is 43.5 Å². The van der Waals surface area contributed by atoms with E-state index in [0.29, 0.717) is 22.7 Å². The number of ether oxygens (including phenoxy) is 2. The van der Waals surface area contributed by atoms with Crippen LogP contribution in [0.2, 0.25) is 0 Å². The van der Waals surface area contributed by atoms with Crippen LogP contribution in [0.3, 0.4) is 0 Å². The van der Waals surface area contributed by atoms with E-state index in [1.807, 2.05) is 55.5 Å². The number of amides is 2. The average Bonchev–Trinajstić information content (AvgIpc) is 3.36. The number of benzene rings is 3. The van der Waals surface area contributed by atoms with Gasteiger partial charge in [0.1, 0.15) is 23.5 Å². The maximum Gasteiger partial charge on any atom is 0.266 e. The fraction of sp³-hybridized carbons (Fsp3) is 0.231. The summed E-state index contributed by atoms with van der Waals surface area (Å²) >= 11 is 0. The predicted molar refractivity (Wildman–Crippen MR) is 123 cm³/mol. The Morgan fingerprint density at radius 3 is 2.21 bits per heavy atom. The first-order valence-electron chi connectivity index (χ1n) is 10.7. The molecule has 0 spiro atoms. The molecule has 5 rings (SSSR count). The Labute approximate surface area is 192 Å². The second-order valence-electron chi connectivity index (χ2n) is 8.11. The summed E-state index contributed by atoms with van der Waals surface area (Å²) in [5.41, 5.74) is 3.03. The summed E-state index contributed by atoms with van der Waals surface area (Å²) in [6.07, 6.45) is -0.945. The highest BCUT2D eigenvalue weighted by molar-refractivity contribution is 6.24. The number of carbonyl (C=O) groups excluding carboxylic acids is 2. The molecule has 0 aliphatic carbocycles. The number of hydroxylamine groups is 1. The van der Waals surface area contributed by atoms with Gasteiger partial charge < -0.3 is 9.47 Å². The Kier molecular flexibility index (Phi) is 5.26. The first-order valence-corrected chi connectivity index (χ1v) is 10.7. The number of fused-ring (bicyclic) bond motifs is 1. The highest BCUT2D eigenvalue weighted by Crippen LogP contribution is 2.50. The number of rotatable bonds is 5. The predicted octanol–water partition coefficient (Wildman–Crippen LogP) is 4.06. The summed E-state index contributed by atoms with van der Waals surface area (Å²) in [5, 5.41) is 1.65. The normalized spacial score (nSPS) is 22.0. The molecule has 3 aromatic rings. The second kappa shape index (κ2) is 8.26. The molecule has 2 aliphatic heterocycles. The average molecular weight is 444 g/mol. The van der Waals surface area contributed by atoms with Crippen LogP contribution >= 0.6 is 0 Å². The number of hydrogen-bond donors (Lipinski definition) is 0. The lowest BCUT2D eigenvalue weighted by molar-refractivity contribution is -0.126. The van der Waals surface area contributed by atoms with E-state index in [1.165, 1.54) is 4.90 Å². The van der Waals surface area contributed by atoms with Crippen LogP contribution in [0.15, 0.2) is 72.8 Å². The molecule has 0 radical (unpaired) electrons. The zero-order valence-corrected chi connectivity index (χ0v) is 18.6. The van der Waals surface area contributed by atoms with Crippen molar-refractivity contribution in [3.63, 3.8) is 0 Å². The molecule has 0 unspecified atom stereocenters. The second-order valence-corrected chi connectivity index (χ2v) is 8.11. The van der Waals surface area contributed by atoms with Gasteiger partial charge in [-0.1, -0.05) is 35.9 Å². The van der Waals surface area contributed by atoms with Crippen molar-refractivity contribution < 1.29 is 23.9 Å². The van der Waals surface area contributed by atoms with Gasteiger partial charge in [-0.15, -0.1) is 0 Å². The molecule has 2 fully saturated rings. The third-order valence-electron chi connectivity index (χ3n) is 6.17. The Hall–Kier alpha value is -3.84. The van der Waals surface area contributed by atoms with Gasteiger partial charge in [0.2, 0.25) is 5.91 Å². The molecule has 168 valence electrons. The van der Waals surface area contributed by atoms with Gasteiger partial charge in [-0.05, 0) is 49.4 Å². The molecule has 2 heterocycles. The zero-order valence-electron chi connectivity index (χ0n) is 18.6. The Morgan fingerprint density at radius 2 is 1.55 bits per heavy atom. The number of methoxy groups -OCH3 is 2. The van der Waals surface area contributed by atoms with Gasteiger partial charge >= 0.3 is 0 Å². The molecule has 3 aromatic carbocycles. The molecule has 2 saturated heterocycles. The van der Waals surface area contributed by atoms with Gasteiger partial charge in [0.25, 0.3) is 5.91 Å². The Morgan fingerprint density at radius 1 is 0.818 bits per heavy atom. The zero-order chi connectivity index (χ0) is 23.1. The molecule has 7 nitrogen and oxygen atoms in total. The van der Waals surface area contributed by atoms with Crippen LogP contribution in [-0.2, 0) is 14.4 Å². The van der Waals surface area contributed by atoms with E-state index >= 15 is 0 Å². The highest BCUT2D eigenvalue weighted by Gasteiger charge is 2.60. The topological polar surface area (TPSA) is 68.3 Å². The fourth-order valence-corrected chi connectivity index (χ4v) is 4.55. The maximum atomic E-state index is 13.7. The SMILES string of the molecule is COc1ccc(OC)c([C@H]2[C@H]3C(=O)N(c4ccc(C)cc4)C(=O)[C@H]3ON2c2ccccc2)c1. The monoisotopic (exact) mass is 444 g/mol. The van der Waals surface area contributed by atoms with Crippen molar-refractivity contribution in [3.8, 4) is 11.5 Å². The Balaban J connectivity index is 1.63. The molecular weight excluding hydrogens is 420 g/mol. The minimum Gasteiger partial charge on any atom is -0.497 e. The molecule has 7 heteroatoms. The lowest BCUT2D eigenvalue weighted by atomic mass is 9.89. The number of para-hydroxylation sites is 1. The largest absolute Gasteiger partial charge is 0.497 e. The van der Waals surface area contributed by atoms with E-state index in [0.717, 1.165) is 11.3 Å². The van der Waals surface area contributed by atoms with Crippen molar-refractivity contribution >= 4 is 23.2 Å². The van der Waals surface area contributed by atoms with Crippen molar-refractivity contribution in [2.45, 2.75) is 19.1 Å². The van der Waals surface area contributed by atoms with Crippen LogP contribution < -0.4 is 19.4 Å². The molecule has 0 bridgehead atoms. The number of imide groups is 1. The van der Waals surface area contributed by atoms with Gasteiger partial charge in [0.15, 0.2) is 6.10 Å². The maximum absolute atomic E-state index is 13.7. The molecular formula is C26H24N2O5. The van der Waals surface area contributed by atoms with Crippen LogP contribution in [0.5, 0.6) is 11.5 Å². The number of aryl methyl sites for hydroxylation is 1. The minimum absolute atomic E-state index is 0.304. The van der Waals surface area contributed by atoms with E-state index in [4.69, 9.17) is 14.3 Å². The molecule has 3 atom stereocenters. The van der Waals surface area contributed by atoms with Gasteiger partial charge in [0, 0.05) is 5.56 Å². The molecule has 2 aliphatic rings. The van der Waals surface area contributed by atoms with E-state index in [2.05, 4.69) is 0 Å². The van der Waals surface area contributed by atoms with Crippen molar-refractivity contribution in [2.75, 3.05) is 24.2 Å². The number of carbonyl (C=O) groups is 2. The molecule has 2 amide bonds. The van der Waals surface area contributed by atoms with Crippen LogP contribution in [0.1, 0.15) is 17.2 Å². The smallest absolute Gasteiger partial charge is 0.266 e. The van der Waals surface area contributed by atoms with Crippen LogP contribution in [0.25, 0.3) is 0 Å². The van der Waals surface area contributed by atoms with Crippen molar-refractivity contribution in [1.29, 1.82) is 0 Å². The van der Waals surface area contributed by atoms with E-state index in [9.17, 15) is 9.59 Å². The van der Waals surface area contributed by atoms with Crippen LogP contribution in [0.4, 0.5) is 11.4 Å². The summed E-state index contributed by atoms with van der Waals surface area (Å²) < 4.78 is 11.1. The van der Waals surface area contributed by atoms with Gasteiger partial charge in [-0.25, -0.2) is 9.96 Å². The molecule has 0 N–H and O–H groups in total. The molecule has 33 heavy (non-hydrogen) atoms. The fourth-order valence-electron chi connectivity index (χ4n) is 4.55. The number of anilines is 2. The summed E-state index contributed by atoms with van der Waals surface area (Å²) in [6.45, 7) is 1.96. The summed E-state index contributed by atoms with van der Waals surface area (Å²) in [5.74, 6) is -0.226. The first-order chi connectivity index (χ1) is 16.0. The number of hydrogen-bond acceptors (Lipinski definition) is 6. The van der Waals surface area contributed by atoms with Gasteiger partial charge in [-0.2, -0.15) is 0 Å². The van der Waals surface area contributed by atoms with Gasteiger partial charge in [-0.3, -0.25) is 14.4 Å². The summed E-state index contributed by atoms with van der Waals surface area (Å²) in [6, 6.07) is 21.6. The summed E-state index contributed by atoms with van der Waals surface area (Å²) in [7, 11) is 3.16. The number of nitrogens with zero attached hydrogens (tertiary/aromatic N) is 2. The van der Waals surface area contributed by atoms with Crippen molar-refractivity contribution in [1.82, 2.24) is 0 Å². The first kappa shape index (κ1) is 21.0. The van der Waals surface area contributed by atoms with Gasteiger partial charge in [0.05, 0.1) is 25.6 Å². The molecule has 0 aromatic heterocycles. The third kappa shape index (κ3) is 3.41. The van der Waals surface area contributed by atoms with Crippen molar-refractivity contribution in [3.05, 3.63) is 83.9 Å². The van der Waals surface area contributed by atoms with Crippen molar-refractivity contribution in [2.24, 2.45) is 5.92 Å². The van der Waals surface area contributed by atoms with Crippen LogP contribution in [0, 0.1) is 12.8 Å². The van der Waals surface area contributed by atoms with E-state index < -0.39 is 18.1 Å². The lowest BCUT2D eigenvalue weighted by Crippen LogP contribution is -2.37. The summed E-state index contributed by atoms with van der Waals surface area (Å²) in [4.78, 5) is 34.6. The standard InChI is InChI=1S/C26H24N2O5/c1-16-9-11-17(12-10-16)27-25(29)22-23(20-15-19(31-2)13-14-21(20)32-3)28(33-24(22)26(27)30)18-7-5-4-6-8-18/h4-15,22-24H,1-3H3/t22-,23+,24+/m1/s1. The quantitative estimate of drug-likeness (QED) is 0.553. The lowest BCUT2D eigenvalue weighted by Gasteiger charge is -2.29. The highest BCUT2D eigenvalue weighted by atomic mass is 16.7. The molecule has 0 saturated carbocycles. The Bertz CT molecular complexity index is 1200. The third-order valence-corrected chi connectivity index (χ3v) is 6.17.